The van der Waals surface area contributed by atoms with Crippen LogP contribution in [0.3, 0.4) is 0 Å². The van der Waals surface area contributed by atoms with E-state index in [1.165, 1.54) is 114 Å². The van der Waals surface area contributed by atoms with Crippen molar-refractivity contribution >= 4 is 93.1 Å². The third-order valence-corrected chi connectivity index (χ3v) is 15.4. The average Bonchev–Trinajstić information content (AvgIpc) is 3.93. The Morgan fingerprint density at radius 1 is 0.375 bits per heavy atom. The van der Waals surface area contributed by atoms with E-state index >= 15 is 0 Å². The second-order valence-corrected chi connectivity index (χ2v) is 18.5. The lowest BCUT2D eigenvalue weighted by atomic mass is 9.79. The minimum Gasteiger partial charge on any atom is -0.456 e. The molecule has 2 atom stereocenters. The molecule has 0 radical (unpaired) electrons. The van der Waals surface area contributed by atoms with Crippen molar-refractivity contribution in [2.24, 2.45) is 0 Å². The van der Waals surface area contributed by atoms with Gasteiger partial charge in [0.05, 0.1) is 0 Å². The van der Waals surface area contributed by atoms with Gasteiger partial charge in [-0.2, -0.15) is 0 Å². The van der Waals surface area contributed by atoms with Gasteiger partial charge in [-0.3, -0.25) is 0 Å². The standard InChI is InChI=1S/C62H38OS/c1-2-16-38(17-3-1)57-46-23-10-12-25-48(46)60(49-26-13-11-24-47(49)57)51-28-14-27-50-52-35-40(31-34-56(52)64-62(50)51)59-44-21-8-6-19-42(44)58(43-20-7-9-22-45(43)59)39-30-32-54-53(36-39)61-41-18-5-4-15-37(41)29-33-55(61)63-54/h1-36,50,62H. The predicted molar refractivity (Wildman–Crippen MR) is 274 cm³/mol. The predicted octanol–water partition coefficient (Wildman–Crippen LogP) is 17.6. The van der Waals surface area contributed by atoms with E-state index in [-0.39, 0.29) is 11.2 Å². The van der Waals surface area contributed by atoms with Crippen molar-refractivity contribution in [3.8, 4) is 33.4 Å². The molecule has 2 unspecified atom stereocenters. The molecule has 0 bridgehead atoms. The van der Waals surface area contributed by atoms with Gasteiger partial charge >= 0.3 is 0 Å². The van der Waals surface area contributed by atoms with Crippen LogP contribution in [0.1, 0.15) is 17.0 Å². The van der Waals surface area contributed by atoms with Crippen LogP contribution in [0.25, 0.3) is 115 Å². The smallest absolute Gasteiger partial charge is 0.136 e. The van der Waals surface area contributed by atoms with E-state index in [0.29, 0.717) is 0 Å². The Balaban J connectivity index is 0.922. The molecule has 0 spiro atoms. The fourth-order valence-electron chi connectivity index (χ4n) is 11.3. The van der Waals surface area contributed by atoms with Gasteiger partial charge in [0.25, 0.3) is 0 Å². The number of rotatable bonds is 4. The van der Waals surface area contributed by atoms with Crippen LogP contribution in [-0.4, -0.2) is 5.25 Å². The summed E-state index contributed by atoms with van der Waals surface area (Å²) in [6.07, 6.45) is 7.15. The Kier molecular flexibility index (Phi) is 7.81. The maximum atomic E-state index is 6.46. The minimum atomic E-state index is 0.246. The fourth-order valence-corrected chi connectivity index (χ4v) is 12.8. The van der Waals surface area contributed by atoms with Gasteiger partial charge in [0.1, 0.15) is 11.2 Å². The third kappa shape index (κ3) is 5.21. The zero-order valence-electron chi connectivity index (χ0n) is 34.8. The molecule has 298 valence electrons. The first kappa shape index (κ1) is 35.9. The van der Waals surface area contributed by atoms with Crippen molar-refractivity contribution in [3.63, 3.8) is 0 Å². The molecule has 12 aromatic rings. The van der Waals surface area contributed by atoms with Gasteiger partial charge in [-0.1, -0.05) is 188 Å². The van der Waals surface area contributed by atoms with E-state index < -0.39 is 0 Å². The highest BCUT2D eigenvalue weighted by Crippen LogP contribution is 2.56. The SMILES string of the molecule is C1=CC2c3cc(-c4c5ccccc5c(-c5ccc6oc7ccc8ccccc8c7c6c5)c5ccccc45)ccc3SC2C(c2c3ccccc3c(-c3ccccc3)c3ccccc23)=C1. The van der Waals surface area contributed by atoms with Crippen LogP contribution < -0.4 is 0 Å². The lowest BCUT2D eigenvalue weighted by Gasteiger charge is -2.26. The second kappa shape index (κ2) is 13.9. The largest absolute Gasteiger partial charge is 0.456 e. The molecule has 0 N–H and O–H groups in total. The summed E-state index contributed by atoms with van der Waals surface area (Å²) in [6, 6.07) is 73.9. The third-order valence-electron chi connectivity index (χ3n) is 14.0. The molecule has 1 aliphatic heterocycles. The number of benzene rings is 11. The van der Waals surface area contributed by atoms with Crippen LogP contribution >= 0.6 is 11.8 Å². The second-order valence-electron chi connectivity index (χ2n) is 17.3. The van der Waals surface area contributed by atoms with Gasteiger partial charge in [-0.25, -0.2) is 0 Å². The van der Waals surface area contributed by atoms with Crippen LogP contribution in [0.2, 0.25) is 0 Å². The molecule has 2 heterocycles. The highest BCUT2D eigenvalue weighted by atomic mass is 32.2. The molecule has 64 heavy (non-hydrogen) atoms. The lowest BCUT2D eigenvalue weighted by molar-refractivity contribution is 0.669. The Labute approximate surface area is 374 Å². The van der Waals surface area contributed by atoms with E-state index in [1.807, 2.05) is 11.8 Å². The van der Waals surface area contributed by atoms with Gasteiger partial charge in [-0.05, 0) is 134 Å². The highest BCUT2D eigenvalue weighted by Gasteiger charge is 2.37. The van der Waals surface area contributed by atoms with Crippen molar-refractivity contribution in [1.29, 1.82) is 0 Å². The Hall–Kier alpha value is -7.65. The maximum Gasteiger partial charge on any atom is 0.136 e. The number of furan rings is 1. The highest BCUT2D eigenvalue weighted by molar-refractivity contribution is 8.00. The molecule has 1 nitrogen and oxygen atoms in total. The first-order valence-electron chi connectivity index (χ1n) is 22.2. The van der Waals surface area contributed by atoms with Crippen molar-refractivity contribution in [3.05, 3.63) is 230 Å². The van der Waals surface area contributed by atoms with E-state index in [4.69, 9.17) is 4.42 Å². The molecule has 14 rings (SSSR count). The summed E-state index contributed by atoms with van der Waals surface area (Å²) in [5.41, 5.74) is 13.6. The fraction of sp³-hybridized carbons (Fsp3) is 0.0323. The van der Waals surface area contributed by atoms with Gasteiger partial charge in [0, 0.05) is 26.8 Å². The summed E-state index contributed by atoms with van der Waals surface area (Å²) in [5, 5.41) is 15.3. The molecular formula is C62H38OS. The summed E-state index contributed by atoms with van der Waals surface area (Å²) >= 11 is 2.03. The van der Waals surface area contributed by atoms with E-state index in [1.54, 1.807) is 0 Å². The molecule has 1 aromatic heterocycles. The van der Waals surface area contributed by atoms with E-state index in [2.05, 4.69) is 218 Å². The molecule has 11 aromatic carbocycles. The quantitative estimate of drug-likeness (QED) is 0.164. The summed E-state index contributed by atoms with van der Waals surface area (Å²) < 4.78 is 6.46. The van der Waals surface area contributed by atoms with Crippen molar-refractivity contribution < 1.29 is 4.42 Å². The maximum absolute atomic E-state index is 6.46. The lowest BCUT2D eigenvalue weighted by Crippen LogP contribution is -2.14. The normalized spacial score (nSPS) is 15.8. The number of fused-ring (bicyclic) bond motifs is 12. The topological polar surface area (TPSA) is 13.1 Å². The Morgan fingerprint density at radius 3 is 1.50 bits per heavy atom. The monoisotopic (exact) mass is 830 g/mol. The van der Waals surface area contributed by atoms with Crippen LogP contribution in [0.5, 0.6) is 0 Å². The number of thioether (sulfide) groups is 1. The van der Waals surface area contributed by atoms with Gasteiger partial charge in [0.2, 0.25) is 0 Å². The van der Waals surface area contributed by atoms with Crippen LogP contribution in [-0.2, 0) is 0 Å². The van der Waals surface area contributed by atoms with Crippen molar-refractivity contribution in [1.82, 2.24) is 0 Å². The van der Waals surface area contributed by atoms with Crippen LogP contribution in [0.4, 0.5) is 0 Å². The van der Waals surface area contributed by atoms with Crippen molar-refractivity contribution in [2.45, 2.75) is 16.1 Å². The number of hydrogen-bond acceptors (Lipinski definition) is 2. The molecule has 1 aliphatic carbocycles. The molecular weight excluding hydrogens is 793 g/mol. The molecule has 2 heteroatoms. The summed E-state index contributed by atoms with van der Waals surface area (Å²) in [4.78, 5) is 1.36. The van der Waals surface area contributed by atoms with Crippen LogP contribution in [0, 0.1) is 0 Å². The molecule has 2 aliphatic rings. The van der Waals surface area contributed by atoms with Crippen LogP contribution in [0.15, 0.2) is 228 Å². The first-order valence-corrected chi connectivity index (χ1v) is 23.1. The molecule has 0 amide bonds. The van der Waals surface area contributed by atoms with Gasteiger partial charge < -0.3 is 4.42 Å². The average molecular weight is 831 g/mol. The zero-order chi connectivity index (χ0) is 41.9. The summed E-state index contributed by atoms with van der Waals surface area (Å²) in [7, 11) is 0. The molecule has 0 saturated carbocycles. The van der Waals surface area contributed by atoms with Gasteiger partial charge in [-0.15, -0.1) is 11.8 Å². The van der Waals surface area contributed by atoms with Gasteiger partial charge in [0.15, 0.2) is 0 Å². The zero-order valence-corrected chi connectivity index (χ0v) is 35.6. The Bertz CT molecular complexity index is 3890. The molecule has 0 fully saturated rings. The Morgan fingerprint density at radius 2 is 0.875 bits per heavy atom. The molecule has 0 saturated heterocycles. The van der Waals surface area contributed by atoms with E-state index in [0.717, 1.165) is 16.6 Å². The summed E-state index contributed by atoms with van der Waals surface area (Å²) in [5.74, 6) is 0.246. The number of allylic oxidation sites excluding steroid dienone is 3. The number of hydrogen-bond donors (Lipinski definition) is 0. The van der Waals surface area contributed by atoms with E-state index in [9.17, 15) is 0 Å². The first-order chi connectivity index (χ1) is 31.8. The minimum absolute atomic E-state index is 0.246. The van der Waals surface area contributed by atoms with Crippen molar-refractivity contribution in [2.75, 3.05) is 0 Å². The summed E-state index contributed by atoms with van der Waals surface area (Å²) in [6.45, 7) is 0.